The van der Waals surface area contributed by atoms with Crippen LogP contribution in [0.2, 0.25) is 5.02 Å². The number of rotatable bonds is 9. The molecule has 2 rings (SSSR count). The van der Waals surface area contributed by atoms with Gasteiger partial charge in [-0.3, -0.25) is 4.90 Å². The van der Waals surface area contributed by atoms with Gasteiger partial charge in [0.25, 0.3) is 0 Å². The van der Waals surface area contributed by atoms with E-state index in [9.17, 15) is 4.79 Å². The van der Waals surface area contributed by atoms with Crippen molar-refractivity contribution in [1.29, 1.82) is 0 Å². The van der Waals surface area contributed by atoms with Gasteiger partial charge in [-0.25, -0.2) is 4.79 Å². The van der Waals surface area contributed by atoms with Gasteiger partial charge in [-0.2, -0.15) is 0 Å². The molecule has 164 valence electrons. The van der Waals surface area contributed by atoms with Crippen LogP contribution in [0.25, 0.3) is 0 Å². The Balaban J connectivity index is 0. The highest BCUT2D eigenvalue weighted by Gasteiger charge is 2.16. The van der Waals surface area contributed by atoms with Crippen molar-refractivity contribution in [3.8, 4) is 0 Å². The lowest BCUT2D eigenvalue weighted by molar-refractivity contribution is 0.126. The van der Waals surface area contributed by atoms with Gasteiger partial charge in [0.05, 0.1) is 0 Å². The molecule has 2 amide bonds. The summed E-state index contributed by atoms with van der Waals surface area (Å²) in [4.78, 5) is 16.5. The fraction of sp³-hybridized carbons (Fsp3) is 0.632. The summed E-state index contributed by atoms with van der Waals surface area (Å²) in [5, 5.41) is 6.60. The Morgan fingerprint density at radius 3 is 2.07 bits per heavy atom. The molecule has 9 heteroatoms. The molecule has 6 nitrogen and oxygen atoms in total. The number of hydrogen-bond acceptors (Lipinski definition) is 3. The normalized spacial score (nSPS) is 14.2. The highest BCUT2D eigenvalue weighted by Crippen LogP contribution is 2.13. The van der Waals surface area contributed by atoms with Gasteiger partial charge in [-0.15, -0.1) is 24.8 Å². The summed E-state index contributed by atoms with van der Waals surface area (Å²) in [6, 6.07) is 8.08. The average molecular weight is 458 g/mol. The van der Waals surface area contributed by atoms with E-state index < -0.39 is 0 Å². The number of carbonyl (C=O) groups is 1. The van der Waals surface area contributed by atoms with E-state index in [2.05, 4.69) is 39.5 Å². The van der Waals surface area contributed by atoms with E-state index in [0.29, 0.717) is 0 Å². The monoisotopic (exact) mass is 456 g/mol. The number of piperazine rings is 1. The van der Waals surface area contributed by atoms with Crippen LogP contribution in [0.1, 0.15) is 31.7 Å². The fourth-order valence-corrected chi connectivity index (χ4v) is 3.09. The van der Waals surface area contributed by atoms with Crippen LogP contribution < -0.4 is 10.6 Å². The van der Waals surface area contributed by atoms with E-state index in [1.807, 2.05) is 12.1 Å². The van der Waals surface area contributed by atoms with Crippen LogP contribution in [-0.4, -0.2) is 67.1 Å². The summed E-state index contributed by atoms with van der Waals surface area (Å²) in [7, 11) is 0. The molecule has 1 fully saturated rings. The van der Waals surface area contributed by atoms with Crippen molar-refractivity contribution in [2.75, 3.05) is 45.8 Å². The molecule has 0 aliphatic carbocycles. The molecule has 0 spiro atoms. The second-order valence-electron chi connectivity index (χ2n) is 6.63. The van der Waals surface area contributed by atoms with Gasteiger partial charge in [0.15, 0.2) is 0 Å². The second kappa shape index (κ2) is 17.1. The third-order valence-corrected chi connectivity index (χ3v) is 4.79. The van der Waals surface area contributed by atoms with Crippen LogP contribution in [-0.2, 0) is 6.54 Å². The van der Waals surface area contributed by atoms with Gasteiger partial charge in [-0.1, -0.05) is 37.1 Å². The molecule has 1 saturated heterocycles. The van der Waals surface area contributed by atoms with Crippen LogP contribution in [0.4, 0.5) is 4.79 Å². The molecule has 0 aromatic heterocycles. The quantitative estimate of drug-likeness (QED) is 0.560. The van der Waals surface area contributed by atoms with Crippen LogP contribution in [0, 0.1) is 0 Å². The van der Waals surface area contributed by atoms with E-state index in [-0.39, 0.29) is 36.3 Å². The lowest BCUT2D eigenvalue weighted by Crippen LogP contribution is -2.46. The number of urea groups is 1. The fourth-order valence-electron chi connectivity index (χ4n) is 2.96. The topological polar surface area (TPSA) is 79.1 Å². The van der Waals surface area contributed by atoms with E-state index in [1.54, 1.807) is 0 Å². The summed E-state index contributed by atoms with van der Waals surface area (Å²) >= 11 is 5.93. The Morgan fingerprint density at radius 1 is 0.964 bits per heavy atom. The van der Waals surface area contributed by atoms with Crippen LogP contribution in [0.3, 0.4) is 0 Å². The Morgan fingerprint density at radius 2 is 1.50 bits per heavy atom. The number of nitrogens with zero attached hydrogens (tertiary/aromatic N) is 2. The van der Waals surface area contributed by atoms with E-state index in [0.717, 1.165) is 76.6 Å². The number of nitrogens with one attached hydrogen (secondary N) is 2. The smallest absolute Gasteiger partial charge is 0.314 e. The molecule has 1 aromatic carbocycles. The lowest BCUT2D eigenvalue weighted by atomic mass is 10.2. The van der Waals surface area contributed by atoms with Crippen molar-refractivity contribution in [3.63, 3.8) is 0 Å². The van der Waals surface area contributed by atoms with Crippen LogP contribution in [0.5, 0.6) is 0 Å². The first kappa shape index (κ1) is 29.4. The molecule has 4 N–H and O–H groups in total. The Bertz CT molecular complexity index is 512. The van der Waals surface area contributed by atoms with Gasteiger partial charge < -0.3 is 21.0 Å². The summed E-state index contributed by atoms with van der Waals surface area (Å²) in [6.07, 6.45) is 3.14. The first-order valence-corrected chi connectivity index (χ1v) is 9.76. The zero-order valence-corrected chi connectivity index (χ0v) is 19.0. The minimum absolute atomic E-state index is 0. The molecule has 1 aliphatic heterocycles. The number of halogens is 3. The zero-order valence-electron chi connectivity index (χ0n) is 16.6. The predicted molar refractivity (Wildman–Crippen MR) is 122 cm³/mol. The molecule has 0 atom stereocenters. The van der Waals surface area contributed by atoms with Crippen molar-refractivity contribution in [2.24, 2.45) is 0 Å². The minimum Gasteiger partial charge on any atom is -0.412 e. The predicted octanol–water partition coefficient (Wildman–Crippen LogP) is 2.97. The lowest BCUT2D eigenvalue weighted by Gasteiger charge is -2.34. The van der Waals surface area contributed by atoms with E-state index in [1.165, 1.54) is 5.56 Å². The average Bonchev–Trinajstić information content (AvgIpc) is 2.62. The van der Waals surface area contributed by atoms with E-state index in [4.69, 9.17) is 11.6 Å². The third kappa shape index (κ3) is 11.9. The summed E-state index contributed by atoms with van der Waals surface area (Å²) in [5.41, 5.74) is 1.32. The number of amides is 2. The largest absolute Gasteiger partial charge is 0.412 e. The molecule has 0 bridgehead atoms. The first-order chi connectivity index (χ1) is 12.2. The molecular weight excluding hydrogens is 423 g/mol. The summed E-state index contributed by atoms with van der Waals surface area (Å²) in [5.74, 6) is 0. The Labute approximate surface area is 186 Å². The molecule has 28 heavy (non-hydrogen) atoms. The maximum absolute atomic E-state index is 11.6. The van der Waals surface area contributed by atoms with Crippen molar-refractivity contribution in [2.45, 2.75) is 32.7 Å². The summed E-state index contributed by atoms with van der Waals surface area (Å²) < 4.78 is 0. The van der Waals surface area contributed by atoms with Gasteiger partial charge in [-0.05, 0) is 37.1 Å². The number of unbranched alkanes of at least 4 members (excludes halogenated alkanes) is 1. The SMILES string of the molecule is CCCCNC(=O)NCCCN1CCN(Cc2ccc(Cl)cc2)CC1.Cl.Cl.O. The van der Waals surface area contributed by atoms with Crippen LogP contribution >= 0.6 is 36.4 Å². The van der Waals surface area contributed by atoms with Crippen molar-refractivity contribution < 1.29 is 10.3 Å². The maximum Gasteiger partial charge on any atom is 0.314 e. The third-order valence-electron chi connectivity index (χ3n) is 4.54. The van der Waals surface area contributed by atoms with Crippen molar-refractivity contribution >= 4 is 42.4 Å². The van der Waals surface area contributed by atoms with Gasteiger partial charge in [0.1, 0.15) is 0 Å². The standard InChI is InChI=1S/C19H31ClN4O.2ClH.H2O/c1-2-3-9-21-19(25)22-10-4-11-23-12-14-24(15-13-23)16-17-5-7-18(20)8-6-17;;;/h5-8H,2-4,9-16H2,1H3,(H2,21,22,25);2*1H;1H2. The minimum atomic E-state index is -0.0405. The second-order valence-corrected chi connectivity index (χ2v) is 7.07. The number of hydrogen-bond donors (Lipinski definition) is 2. The first-order valence-electron chi connectivity index (χ1n) is 9.38. The molecule has 1 aromatic rings. The van der Waals surface area contributed by atoms with Gasteiger partial charge in [0.2, 0.25) is 0 Å². The highest BCUT2D eigenvalue weighted by molar-refractivity contribution is 6.30. The Hall–Kier alpha value is -0.760. The van der Waals surface area contributed by atoms with E-state index >= 15 is 0 Å². The molecule has 1 heterocycles. The maximum atomic E-state index is 11.6. The highest BCUT2D eigenvalue weighted by atomic mass is 35.5. The zero-order chi connectivity index (χ0) is 17.9. The molecule has 0 unspecified atom stereocenters. The molecular formula is C19H35Cl3N4O2. The molecule has 1 aliphatic rings. The Kier molecular flexibility index (Phi) is 18.0. The van der Waals surface area contributed by atoms with Gasteiger partial charge in [0, 0.05) is 50.8 Å². The van der Waals surface area contributed by atoms with Crippen molar-refractivity contribution in [3.05, 3.63) is 34.9 Å². The molecule has 0 saturated carbocycles. The number of carbonyl (C=O) groups excluding carboxylic acids is 1. The van der Waals surface area contributed by atoms with Crippen molar-refractivity contribution in [1.82, 2.24) is 20.4 Å². The summed E-state index contributed by atoms with van der Waals surface area (Å²) in [6.45, 7) is 10.0. The van der Waals surface area contributed by atoms with Crippen LogP contribution in [0.15, 0.2) is 24.3 Å². The van der Waals surface area contributed by atoms with Gasteiger partial charge >= 0.3 is 6.03 Å². The molecule has 0 radical (unpaired) electrons. The number of benzene rings is 1.